The average Bonchev–Trinajstić information content (AvgIpc) is 2.33. The first kappa shape index (κ1) is 9.33. The smallest absolute Gasteiger partial charge is 0.170 e. The van der Waals surface area contributed by atoms with Crippen molar-refractivity contribution in [2.24, 2.45) is 0 Å². The number of halogens is 2. The van der Waals surface area contributed by atoms with Gasteiger partial charge in [-0.1, -0.05) is 24.3 Å². The summed E-state index contributed by atoms with van der Waals surface area (Å²) >= 11 is 0. The fourth-order valence-corrected chi connectivity index (χ4v) is 1.95. The summed E-state index contributed by atoms with van der Waals surface area (Å²) in [4.78, 5) is 0. The summed E-state index contributed by atoms with van der Waals surface area (Å²) < 4.78 is 32.3. The average molecular weight is 218 g/mol. The number of hydrogen-bond acceptors (Lipinski definition) is 1. The molecule has 0 bridgehead atoms. The molecule has 0 fully saturated rings. The maximum Gasteiger partial charge on any atom is 0.170 e. The maximum atomic E-state index is 13.7. The zero-order valence-electron chi connectivity index (χ0n) is 8.34. The molecule has 2 aromatic carbocycles. The van der Waals surface area contributed by atoms with E-state index in [0.29, 0.717) is 17.9 Å². The minimum atomic E-state index is -0.848. The first-order valence-corrected chi connectivity index (χ1v) is 4.96. The molecule has 3 heteroatoms. The van der Waals surface area contributed by atoms with Gasteiger partial charge in [-0.3, -0.25) is 0 Å². The van der Waals surface area contributed by atoms with Crippen LogP contribution < -0.4 is 4.74 Å². The molecule has 0 N–H and O–H groups in total. The van der Waals surface area contributed by atoms with Gasteiger partial charge in [0.05, 0.1) is 5.56 Å². The van der Waals surface area contributed by atoms with Gasteiger partial charge in [0.25, 0.3) is 0 Å². The summed E-state index contributed by atoms with van der Waals surface area (Å²) in [6.45, 7) is 0.397. The Bertz CT molecular complexity index is 564. The lowest BCUT2D eigenvalue weighted by Gasteiger charge is -2.21. The first-order valence-electron chi connectivity index (χ1n) is 4.96. The van der Waals surface area contributed by atoms with E-state index in [0.717, 1.165) is 11.6 Å². The molecule has 0 spiro atoms. The standard InChI is InChI=1S/C13H8F2O/c14-10-5-6-11-12(13(10)15)9-4-2-1-3-8(9)7-16-11/h1-6H,7H2. The van der Waals surface area contributed by atoms with E-state index < -0.39 is 11.6 Å². The normalized spacial score (nSPS) is 12.6. The summed E-state index contributed by atoms with van der Waals surface area (Å²) in [6, 6.07) is 9.83. The van der Waals surface area contributed by atoms with Crippen LogP contribution in [0.5, 0.6) is 5.75 Å². The van der Waals surface area contributed by atoms with Gasteiger partial charge >= 0.3 is 0 Å². The van der Waals surface area contributed by atoms with Crippen molar-refractivity contribution >= 4 is 0 Å². The third kappa shape index (κ3) is 1.21. The molecule has 0 saturated carbocycles. The predicted octanol–water partition coefficient (Wildman–Crippen LogP) is 3.52. The summed E-state index contributed by atoms with van der Waals surface area (Å²) in [5, 5.41) is 0. The molecule has 80 valence electrons. The maximum absolute atomic E-state index is 13.7. The first-order chi connectivity index (χ1) is 7.77. The van der Waals surface area contributed by atoms with Crippen molar-refractivity contribution in [2.45, 2.75) is 6.61 Å². The van der Waals surface area contributed by atoms with Gasteiger partial charge in [-0.2, -0.15) is 0 Å². The molecule has 1 heterocycles. The van der Waals surface area contributed by atoms with Gasteiger partial charge in [-0.25, -0.2) is 8.78 Å². The summed E-state index contributed by atoms with van der Waals surface area (Å²) in [6.07, 6.45) is 0. The minimum Gasteiger partial charge on any atom is -0.488 e. The largest absolute Gasteiger partial charge is 0.488 e. The molecule has 1 aliphatic rings. The van der Waals surface area contributed by atoms with E-state index >= 15 is 0 Å². The van der Waals surface area contributed by atoms with Crippen LogP contribution in [0.1, 0.15) is 5.56 Å². The molecule has 0 saturated heterocycles. The SMILES string of the molecule is Fc1ccc2c(c1F)-c1ccccc1CO2. The van der Waals surface area contributed by atoms with Crippen molar-refractivity contribution in [1.29, 1.82) is 0 Å². The predicted molar refractivity (Wildman–Crippen MR) is 56.1 cm³/mol. The third-order valence-corrected chi connectivity index (χ3v) is 2.73. The Morgan fingerprint density at radius 1 is 1.00 bits per heavy atom. The molecule has 0 aliphatic carbocycles. The van der Waals surface area contributed by atoms with Crippen LogP contribution in [-0.4, -0.2) is 0 Å². The van der Waals surface area contributed by atoms with Crippen LogP contribution in [0.15, 0.2) is 36.4 Å². The molecule has 0 atom stereocenters. The highest BCUT2D eigenvalue weighted by Gasteiger charge is 2.22. The Kier molecular flexibility index (Phi) is 1.93. The number of rotatable bonds is 0. The van der Waals surface area contributed by atoms with Gasteiger partial charge in [-0.05, 0) is 23.3 Å². The van der Waals surface area contributed by atoms with E-state index in [1.807, 2.05) is 12.1 Å². The van der Waals surface area contributed by atoms with Crippen LogP contribution >= 0.6 is 0 Å². The van der Waals surface area contributed by atoms with Crippen LogP contribution in [0.3, 0.4) is 0 Å². The van der Waals surface area contributed by atoms with Gasteiger partial charge in [0, 0.05) is 0 Å². The summed E-state index contributed by atoms with van der Waals surface area (Å²) in [7, 11) is 0. The highest BCUT2D eigenvalue weighted by Crippen LogP contribution is 2.39. The fraction of sp³-hybridized carbons (Fsp3) is 0.0769. The second kappa shape index (κ2) is 3.30. The van der Waals surface area contributed by atoms with E-state index in [4.69, 9.17) is 4.74 Å². The molecule has 0 radical (unpaired) electrons. The lowest BCUT2D eigenvalue weighted by atomic mass is 9.96. The topological polar surface area (TPSA) is 9.23 Å². The summed E-state index contributed by atoms with van der Waals surface area (Å²) in [5.41, 5.74) is 1.81. The Morgan fingerprint density at radius 2 is 1.81 bits per heavy atom. The molecule has 16 heavy (non-hydrogen) atoms. The van der Waals surface area contributed by atoms with Crippen molar-refractivity contribution in [3.63, 3.8) is 0 Å². The van der Waals surface area contributed by atoms with Gasteiger partial charge < -0.3 is 4.74 Å². The van der Waals surface area contributed by atoms with Gasteiger partial charge in [0.1, 0.15) is 12.4 Å². The monoisotopic (exact) mass is 218 g/mol. The van der Waals surface area contributed by atoms with Crippen LogP contribution in [0, 0.1) is 11.6 Å². The van der Waals surface area contributed by atoms with Gasteiger partial charge in [-0.15, -0.1) is 0 Å². The second-order valence-electron chi connectivity index (χ2n) is 3.68. The number of ether oxygens (including phenoxy) is 1. The van der Waals surface area contributed by atoms with Crippen LogP contribution in [0.25, 0.3) is 11.1 Å². The van der Waals surface area contributed by atoms with E-state index in [9.17, 15) is 8.78 Å². The third-order valence-electron chi connectivity index (χ3n) is 2.73. The fourth-order valence-electron chi connectivity index (χ4n) is 1.95. The Balaban J connectivity index is 2.34. The van der Waals surface area contributed by atoms with Crippen molar-refractivity contribution in [3.8, 4) is 16.9 Å². The van der Waals surface area contributed by atoms with Crippen LogP contribution in [-0.2, 0) is 6.61 Å². The Morgan fingerprint density at radius 3 is 2.69 bits per heavy atom. The molecule has 3 rings (SSSR count). The van der Waals surface area contributed by atoms with Crippen LogP contribution in [0.2, 0.25) is 0 Å². The number of benzene rings is 2. The van der Waals surface area contributed by atoms with Crippen molar-refractivity contribution < 1.29 is 13.5 Å². The van der Waals surface area contributed by atoms with E-state index in [1.165, 1.54) is 6.07 Å². The molecule has 0 unspecified atom stereocenters. The van der Waals surface area contributed by atoms with Gasteiger partial charge in [0.15, 0.2) is 11.6 Å². The molecule has 0 aromatic heterocycles. The number of hydrogen-bond donors (Lipinski definition) is 0. The van der Waals surface area contributed by atoms with E-state index in [-0.39, 0.29) is 5.56 Å². The van der Waals surface area contributed by atoms with E-state index in [2.05, 4.69) is 0 Å². The zero-order valence-corrected chi connectivity index (χ0v) is 8.34. The Labute approximate surface area is 91.3 Å². The highest BCUT2D eigenvalue weighted by molar-refractivity contribution is 5.75. The van der Waals surface area contributed by atoms with Gasteiger partial charge in [0.2, 0.25) is 0 Å². The van der Waals surface area contributed by atoms with Crippen LogP contribution in [0.4, 0.5) is 8.78 Å². The second-order valence-corrected chi connectivity index (χ2v) is 3.68. The molecular formula is C13H8F2O. The molecule has 1 nitrogen and oxygen atoms in total. The van der Waals surface area contributed by atoms with Crippen molar-refractivity contribution in [2.75, 3.05) is 0 Å². The molecular weight excluding hydrogens is 210 g/mol. The molecule has 1 aliphatic heterocycles. The molecule has 2 aromatic rings. The molecule has 0 amide bonds. The van der Waals surface area contributed by atoms with E-state index in [1.54, 1.807) is 12.1 Å². The highest BCUT2D eigenvalue weighted by atomic mass is 19.2. The number of fused-ring (bicyclic) bond motifs is 3. The van der Waals surface area contributed by atoms with Crippen molar-refractivity contribution in [1.82, 2.24) is 0 Å². The summed E-state index contributed by atoms with van der Waals surface area (Å²) in [5.74, 6) is -1.29. The Hall–Kier alpha value is -1.90. The lowest BCUT2D eigenvalue weighted by molar-refractivity contribution is 0.299. The van der Waals surface area contributed by atoms with Crippen molar-refractivity contribution in [3.05, 3.63) is 53.6 Å². The minimum absolute atomic E-state index is 0.224. The lowest BCUT2D eigenvalue weighted by Crippen LogP contribution is -2.07. The zero-order chi connectivity index (χ0) is 11.1. The quantitative estimate of drug-likeness (QED) is 0.657.